The highest BCUT2D eigenvalue weighted by Crippen LogP contribution is 2.38. The number of hydrogen-bond donors (Lipinski definition) is 3. The van der Waals surface area contributed by atoms with Crippen LogP contribution < -0.4 is 34.9 Å². The molecule has 63 heavy (non-hydrogen) atoms. The number of hydrogen-bond acceptors (Lipinski definition) is 14. The number of ether oxygens (including phenoxy) is 4. The minimum Gasteiger partial charge on any atom is -0.493 e. The van der Waals surface area contributed by atoms with Gasteiger partial charge in [0.25, 0.3) is 5.91 Å². The predicted molar refractivity (Wildman–Crippen MR) is 234 cm³/mol. The third-order valence-corrected chi connectivity index (χ3v) is 11.1. The van der Waals surface area contributed by atoms with Gasteiger partial charge in [0, 0.05) is 54.9 Å². The molecule has 0 spiro atoms. The van der Waals surface area contributed by atoms with Crippen LogP contribution in [0, 0.1) is 11.6 Å². The van der Waals surface area contributed by atoms with Crippen LogP contribution >= 0.6 is 23.2 Å². The average molecular weight is 901 g/mol. The molecule has 0 unspecified atom stereocenters. The third kappa shape index (κ3) is 9.90. The number of methoxy groups -OCH3 is 2. The summed E-state index contributed by atoms with van der Waals surface area (Å²) in [7, 11) is 3.13. The average Bonchev–Trinajstić information content (AvgIpc) is 3.85. The van der Waals surface area contributed by atoms with E-state index in [1.165, 1.54) is 31.0 Å². The largest absolute Gasteiger partial charge is 0.493 e. The van der Waals surface area contributed by atoms with Crippen molar-refractivity contribution in [3.8, 4) is 23.0 Å². The number of aromatic nitrogens is 5. The van der Waals surface area contributed by atoms with Crippen molar-refractivity contribution in [1.82, 2.24) is 35.3 Å². The maximum absolute atomic E-state index is 14.4. The molecule has 4 aromatic carbocycles. The number of carbonyl (C=O) groups excluding carboxylic acids is 1. The molecule has 15 nitrogen and oxygen atoms in total. The lowest BCUT2D eigenvalue weighted by molar-refractivity contribution is 0.0554. The van der Waals surface area contributed by atoms with Gasteiger partial charge in [0.15, 0.2) is 34.6 Å². The number of carbonyl (C=O) groups is 1. The van der Waals surface area contributed by atoms with Crippen LogP contribution in [0.1, 0.15) is 36.2 Å². The van der Waals surface area contributed by atoms with Gasteiger partial charge in [-0.15, -0.1) is 0 Å². The monoisotopic (exact) mass is 899 g/mol. The second-order valence-electron chi connectivity index (χ2n) is 14.5. The SMILES string of the molecule is COc1cc2c(Nc3cccc(Cl)c3F)ncnc2cc1OC1CCN(C(=O)c2ccno2)CC1.COc1cc2c(Nc3cccc(Cl)c3F)ncnc2cc1OC1CCNCC1. The number of piperidine rings is 2. The van der Waals surface area contributed by atoms with Crippen molar-refractivity contribution < 1.29 is 37.0 Å². The predicted octanol–water partition coefficient (Wildman–Crippen LogP) is 9.15. The van der Waals surface area contributed by atoms with Crippen LogP contribution in [0.3, 0.4) is 0 Å². The zero-order chi connectivity index (χ0) is 43.9. The Labute approximate surface area is 370 Å². The number of fused-ring (bicyclic) bond motifs is 2. The summed E-state index contributed by atoms with van der Waals surface area (Å²) in [6, 6.07) is 18.2. The van der Waals surface area contributed by atoms with E-state index in [0.29, 0.717) is 82.4 Å². The highest BCUT2D eigenvalue weighted by molar-refractivity contribution is 6.31. The number of amides is 1. The smallest absolute Gasteiger partial charge is 0.292 e. The van der Waals surface area contributed by atoms with Crippen LogP contribution in [-0.2, 0) is 0 Å². The van der Waals surface area contributed by atoms with Gasteiger partial charge < -0.3 is 44.3 Å². The molecule has 0 saturated carbocycles. The first-order chi connectivity index (χ1) is 30.7. The fraction of sp³-hybridized carbons (Fsp3) is 0.273. The van der Waals surface area contributed by atoms with Crippen LogP contribution in [0.15, 0.2) is 90.1 Å². The van der Waals surface area contributed by atoms with E-state index >= 15 is 0 Å². The van der Waals surface area contributed by atoms with E-state index < -0.39 is 11.6 Å². The standard InChI is InChI=1S/C24H21ClFN5O4.C20H20ClFN4O2/c1-33-20-11-15-18(27-13-28-23(15)30-17-4-2-3-16(25)22(17)26)12-21(20)34-14-6-9-31(10-7-14)24(32)19-5-8-29-35-19;1-27-17-9-13-16(10-18(17)28-12-5-7-23-8-6-12)24-11-25-20(13)26-15-4-2-3-14(21)19(15)22/h2-5,8,11-14H,6-7,9-10H2,1H3,(H,27,28,30);2-4,9-12,23H,5-8H2,1H3,(H,24,25,26). The van der Waals surface area contributed by atoms with Crippen LogP contribution in [0.4, 0.5) is 31.8 Å². The van der Waals surface area contributed by atoms with E-state index in [1.54, 1.807) is 67.7 Å². The first kappa shape index (κ1) is 43.1. The minimum atomic E-state index is -0.569. The number of benzene rings is 4. The first-order valence-electron chi connectivity index (χ1n) is 20.0. The topological polar surface area (TPSA) is 171 Å². The fourth-order valence-electron chi connectivity index (χ4n) is 7.22. The van der Waals surface area contributed by atoms with E-state index in [-0.39, 0.29) is 45.3 Å². The number of anilines is 4. The summed E-state index contributed by atoms with van der Waals surface area (Å²) < 4.78 is 57.1. The number of rotatable bonds is 11. The second-order valence-corrected chi connectivity index (χ2v) is 15.3. The van der Waals surface area contributed by atoms with Gasteiger partial charge in [-0.1, -0.05) is 40.5 Å². The summed E-state index contributed by atoms with van der Waals surface area (Å²) in [5.74, 6) is 2.03. The van der Waals surface area contributed by atoms with E-state index in [2.05, 4.69) is 41.0 Å². The molecule has 3 aromatic heterocycles. The van der Waals surface area contributed by atoms with Crippen molar-refractivity contribution in [2.45, 2.75) is 37.9 Å². The number of nitrogens with zero attached hydrogens (tertiary/aromatic N) is 6. The maximum atomic E-state index is 14.4. The molecule has 0 radical (unpaired) electrons. The van der Waals surface area contributed by atoms with Crippen molar-refractivity contribution in [2.24, 2.45) is 0 Å². The summed E-state index contributed by atoms with van der Waals surface area (Å²) in [6.45, 7) is 2.92. The molecule has 2 aliphatic rings. The minimum absolute atomic E-state index is 0.00945. The molecule has 5 heterocycles. The van der Waals surface area contributed by atoms with Crippen molar-refractivity contribution in [3.63, 3.8) is 0 Å². The maximum Gasteiger partial charge on any atom is 0.292 e. The summed E-state index contributed by atoms with van der Waals surface area (Å²) >= 11 is 11.8. The molecule has 0 atom stereocenters. The molecule has 2 aliphatic heterocycles. The molecule has 19 heteroatoms. The van der Waals surface area contributed by atoms with Gasteiger partial charge in [-0.3, -0.25) is 4.79 Å². The number of likely N-dealkylation sites (tertiary alicyclic amines) is 1. The zero-order valence-corrected chi connectivity index (χ0v) is 35.6. The summed E-state index contributed by atoms with van der Waals surface area (Å²) in [5, 5.41) is 14.2. The van der Waals surface area contributed by atoms with Gasteiger partial charge in [0.1, 0.15) is 36.5 Å². The van der Waals surface area contributed by atoms with Crippen molar-refractivity contribution >= 4 is 73.9 Å². The highest BCUT2D eigenvalue weighted by Gasteiger charge is 2.28. The van der Waals surface area contributed by atoms with E-state index in [9.17, 15) is 13.6 Å². The molecular formula is C44H41Cl2F2N9O6. The molecular weight excluding hydrogens is 859 g/mol. The lowest BCUT2D eigenvalue weighted by atomic mass is 10.1. The van der Waals surface area contributed by atoms with Gasteiger partial charge in [-0.05, 0) is 62.3 Å². The Kier molecular flexibility index (Phi) is 13.4. The summed E-state index contributed by atoms with van der Waals surface area (Å²) in [5.41, 5.74) is 1.70. The van der Waals surface area contributed by atoms with Crippen molar-refractivity contribution in [1.29, 1.82) is 0 Å². The molecule has 7 aromatic rings. The summed E-state index contributed by atoms with van der Waals surface area (Å²) in [4.78, 5) is 31.4. The molecule has 0 aliphatic carbocycles. The highest BCUT2D eigenvalue weighted by atomic mass is 35.5. The lowest BCUT2D eigenvalue weighted by Crippen LogP contribution is -2.41. The second kappa shape index (κ2) is 19.7. The van der Waals surface area contributed by atoms with Gasteiger partial charge in [0.2, 0.25) is 5.76 Å². The fourth-order valence-corrected chi connectivity index (χ4v) is 7.57. The Morgan fingerprint density at radius 2 is 1.22 bits per heavy atom. The molecule has 2 fully saturated rings. The molecule has 9 rings (SSSR count). The van der Waals surface area contributed by atoms with Crippen LogP contribution in [0.25, 0.3) is 21.8 Å². The van der Waals surface area contributed by atoms with E-state index in [0.717, 1.165) is 25.9 Å². The van der Waals surface area contributed by atoms with Gasteiger partial charge in [-0.25, -0.2) is 28.7 Å². The van der Waals surface area contributed by atoms with Gasteiger partial charge >= 0.3 is 0 Å². The lowest BCUT2D eigenvalue weighted by Gasteiger charge is -2.31. The Bertz CT molecular complexity index is 2720. The van der Waals surface area contributed by atoms with Gasteiger partial charge in [0.05, 0.1) is 52.9 Å². The summed E-state index contributed by atoms with van der Waals surface area (Å²) in [6.07, 6.45) is 7.44. The Morgan fingerprint density at radius 1 is 0.714 bits per heavy atom. The Balaban J connectivity index is 0.000000177. The van der Waals surface area contributed by atoms with Crippen LogP contribution in [0.5, 0.6) is 23.0 Å². The molecule has 2 saturated heterocycles. The normalized spacial score (nSPS) is 14.5. The van der Waals surface area contributed by atoms with E-state index in [1.807, 2.05) is 6.07 Å². The third-order valence-electron chi connectivity index (χ3n) is 10.5. The van der Waals surface area contributed by atoms with Crippen molar-refractivity contribution in [3.05, 3.63) is 113 Å². The molecule has 326 valence electrons. The zero-order valence-electron chi connectivity index (χ0n) is 34.0. The Hall–Kier alpha value is -6.56. The molecule has 1 amide bonds. The number of halogens is 4. The molecule has 0 bridgehead atoms. The van der Waals surface area contributed by atoms with Crippen LogP contribution in [-0.4, -0.2) is 88.5 Å². The Morgan fingerprint density at radius 3 is 1.70 bits per heavy atom. The van der Waals surface area contributed by atoms with Crippen molar-refractivity contribution in [2.75, 3.05) is 51.0 Å². The van der Waals surface area contributed by atoms with E-state index in [4.69, 9.17) is 46.7 Å². The molecule has 3 N–H and O–H groups in total. The first-order valence-corrected chi connectivity index (χ1v) is 20.8. The van der Waals surface area contributed by atoms with Gasteiger partial charge in [-0.2, -0.15) is 0 Å². The van der Waals surface area contributed by atoms with Crippen LogP contribution in [0.2, 0.25) is 10.0 Å². The number of nitrogens with one attached hydrogen (secondary N) is 3. The quantitative estimate of drug-likeness (QED) is 0.112.